The van der Waals surface area contributed by atoms with Crippen LogP contribution in [0.25, 0.3) is 0 Å². The van der Waals surface area contributed by atoms with E-state index in [1.807, 2.05) is 6.07 Å². The van der Waals surface area contributed by atoms with E-state index in [-0.39, 0.29) is 0 Å². The third-order valence-electron chi connectivity index (χ3n) is 3.30. The van der Waals surface area contributed by atoms with E-state index < -0.39 is 0 Å². The smallest absolute Gasteiger partial charge is 0.121 e. The molecular formula is C16H27NO. The molecule has 0 saturated carbocycles. The molecule has 1 aromatic carbocycles. The van der Waals surface area contributed by atoms with Crippen LogP contribution in [0.4, 0.5) is 5.69 Å². The minimum absolute atomic E-state index is 0.537. The predicted molar refractivity (Wildman–Crippen MR) is 79.6 cm³/mol. The van der Waals surface area contributed by atoms with Crippen LogP contribution in [0.2, 0.25) is 0 Å². The summed E-state index contributed by atoms with van der Waals surface area (Å²) in [5.41, 5.74) is 2.37. The summed E-state index contributed by atoms with van der Waals surface area (Å²) in [7, 11) is 1.71. The lowest BCUT2D eigenvalue weighted by Crippen LogP contribution is -2.14. The molecule has 18 heavy (non-hydrogen) atoms. The highest BCUT2D eigenvalue weighted by Crippen LogP contribution is 2.22. The number of rotatable bonds is 8. The van der Waals surface area contributed by atoms with Gasteiger partial charge in [0, 0.05) is 11.7 Å². The van der Waals surface area contributed by atoms with Crippen molar-refractivity contribution in [2.75, 3.05) is 12.4 Å². The summed E-state index contributed by atoms with van der Waals surface area (Å²) < 4.78 is 5.27. The highest BCUT2D eigenvalue weighted by molar-refractivity contribution is 5.51. The maximum Gasteiger partial charge on any atom is 0.121 e. The SMILES string of the molecule is CCCCCCC(C)Nc1ccc(OC)c(C)c1. The molecular weight excluding hydrogens is 222 g/mol. The second-order valence-electron chi connectivity index (χ2n) is 5.08. The average Bonchev–Trinajstić information content (AvgIpc) is 2.35. The first kappa shape index (κ1) is 14.9. The van der Waals surface area contributed by atoms with Crippen molar-refractivity contribution >= 4 is 5.69 Å². The lowest BCUT2D eigenvalue weighted by atomic mass is 10.1. The number of methoxy groups -OCH3 is 1. The van der Waals surface area contributed by atoms with Crippen LogP contribution in [0, 0.1) is 6.92 Å². The van der Waals surface area contributed by atoms with E-state index in [0.29, 0.717) is 6.04 Å². The normalized spacial score (nSPS) is 12.2. The van der Waals surface area contributed by atoms with Gasteiger partial charge in [-0.05, 0) is 44.0 Å². The maximum atomic E-state index is 5.27. The number of benzene rings is 1. The summed E-state index contributed by atoms with van der Waals surface area (Å²) in [6.07, 6.45) is 6.57. The van der Waals surface area contributed by atoms with Crippen LogP contribution in [0.3, 0.4) is 0 Å². The minimum atomic E-state index is 0.537. The van der Waals surface area contributed by atoms with Gasteiger partial charge in [-0.25, -0.2) is 0 Å². The fraction of sp³-hybridized carbons (Fsp3) is 0.625. The molecule has 0 aliphatic rings. The number of hydrogen-bond acceptors (Lipinski definition) is 2. The van der Waals surface area contributed by atoms with Gasteiger partial charge in [0.2, 0.25) is 0 Å². The average molecular weight is 249 g/mol. The summed E-state index contributed by atoms with van der Waals surface area (Å²) in [5, 5.41) is 3.56. The lowest BCUT2D eigenvalue weighted by molar-refractivity contribution is 0.412. The predicted octanol–water partition coefficient (Wildman–Crippen LogP) is 4.77. The Morgan fingerprint density at radius 3 is 2.61 bits per heavy atom. The Morgan fingerprint density at radius 2 is 2.00 bits per heavy atom. The van der Waals surface area contributed by atoms with Crippen molar-refractivity contribution in [3.8, 4) is 5.75 Å². The Balaban J connectivity index is 2.39. The van der Waals surface area contributed by atoms with Crippen molar-refractivity contribution in [2.24, 2.45) is 0 Å². The number of ether oxygens (including phenoxy) is 1. The highest BCUT2D eigenvalue weighted by atomic mass is 16.5. The molecule has 0 saturated heterocycles. The molecule has 2 heteroatoms. The topological polar surface area (TPSA) is 21.3 Å². The third-order valence-corrected chi connectivity index (χ3v) is 3.30. The molecule has 1 atom stereocenters. The maximum absolute atomic E-state index is 5.27. The van der Waals surface area contributed by atoms with Gasteiger partial charge in [0.25, 0.3) is 0 Å². The van der Waals surface area contributed by atoms with E-state index in [1.54, 1.807) is 7.11 Å². The van der Waals surface area contributed by atoms with Crippen LogP contribution in [0.5, 0.6) is 5.75 Å². The van der Waals surface area contributed by atoms with Crippen molar-refractivity contribution in [1.29, 1.82) is 0 Å². The van der Waals surface area contributed by atoms with Crippen LogP contribution in [-0.2, 0) is 0 Å². The molecule has 102 valence electrons. The first-order valence-corrected chi connectivity index (χ1v) is 7.08. The molecule has 1 unspecified atom stereocenters. The summed E-state index contributed by atoms with van der Waals surface area (Å²) in [6.45, 7) is 6.59. The van der Waals surface area contributed by atoms with Gasteiger partial charge in [0.05, 0.1) is 7.11 Å². The second-order valence-corrected chi connectivity index (χ2v) is 5.08. The highest BCUT2D eigenvalue weighted by Gasteiger charge is 2.04. The van der Waals surface area contributed by atoms with Gasteiger partial charge in [-0.1, -0.05) is 32.6 Å². The molecule has 1 aromatic rings. The summed E-state index contributed by atoms with van der Waals surface area (Å²) in [5.74, 6) is 0.955. The van der Waals surface area contributed by atoms with E-state index in [1.165, 1.54) is 43.4 Å². The molecule has 0 aliphatic heterocycles. The van der Waals surface area contributed by atoms with E-state index in [4.69, 9.17) is 4.74 Å². The largest absolute Gasteiger partial charge is 0.496 e. The van der Waals surface area contributed by atoms with E-state index >= 15 is 0 Å². The number of hydrogen-bond donors (Lipinski definition) is 1. The molecule has 0 heterocycles. The number of aryl methyl sites for hydroxylation is 1. The third kappa shape index (κ3) is 4.99. The standard InChI is InChI=1S/C16H27NO/c1-5-6-7-8-9-14(3)17-15-10-11-16(18-4)13(2)12-15/h10-12,14,17H,5-9H2,1-4H3. The first-order valence-electron chi connectivity index (χ1n) is 7.08. The zero-order chi connectivity index (χ0) is 13.4. The minimum Gasteiger partial charge on any atom is -0.496 e. The van der Waals surface area contributed by atoms with E-state index in [2.05, 4.69) is 38.2 Å². The van der Waals surface area contributed by atoms with Crippen LogP contribution >= 0.6 is 0 Å². The molecule has 0 fully saturated rings. The first-order chi connectivity index (χ1) is 8.67. The van der Waals surface area contributed by atoms with Gasteiger partial charge in [-0.2, -0.15) is 0 Å². The van der Waals surface area contributed by atoms with Crippen LogP contribution in [0.1, 0.15) is 51.5 Å². The van der Waals surface area contributed by atoms with Gasteiger partial charge in [-0.3, -0.25) is 0 Å². The van der Waals surface area contributed by atoms with Gasteiger partial charge >= 0.3 is 0 Å². The summed E-state index contributed by atoms with van der Waals surface area (Å²) >= 11 is 0. The summed E-state index contributed by atoms with van der Waals surface area (Å²) in [6, 6.07) is 6.81. The Labute approximate surface area is 112 Å². The Kier molecular flexibility index (Phi) is 6.63. The van der Waals surface area contributed by atoms with Crippen molar-refractivity contribution in [2.45, 2.75) is 58.9 Å². The zero-order valence-corrected chi connectivity index (χ0v) is 12.3. The molecule has 0 amide bonds. The molecule has 0 aliphatic carbocycles. The van der Waals surface area contributed by atoms with E-state index in [9.17, 15) is 0 Å². The fourth-order valence-electron chi connectivity index (χ4n) is 2.20. The number of nitrogens with one attached hydrogen (secondary N) is 1. The molecule has 0 bridgehead atoms. The quantitative estimate of drug-likeness (QED) is 0.670. The van der Waals surface area contributed by atoms with Gasteiger partial charge in [-0.15, -0.1) is 0 Å². The van der Waals surface area contributed by atoms with Gasteiger partial charge in [0.15, 0.2) is 0 Å². The molecule has 0 spiro atoms. The van der Waals surface area contributed by atoms with E-state index in [0.717, 1.165) is 5.75 Å². The van der Waals surface area contributed by atoms with Crippen molar-refractivity contribution < 1.29 is 4.74 Å². The zero-order valence-electron chi connectivity index (χ0n) is 12.3. The molecule has 0 aromatic heterocycles. The van der Waals surface area contributed by atoms with Crippen LogP contribution < -0.4 is 10.1 Å². The van der Waals surface area contributed by atoms with Gasteiger partial charge < -0.3 is 10.1 Å². The number of anilines is 1. The monoisotopic (exact) mass is 249 g/mol. The fourth-order valence-corrected chi connectivity index (χ4v) is 2.20. The Bertz CT molecular complexity index is 349. The van der Waals surface area contributed by atoms with Crippen molar-refractivity contribution in [3.05, 3.63) is 23.8 Å². The molecule has 2 nitrogen and oxygen atoms in total. The lowest BCUT2D eigenvalue weighted by Gasteiger charge is -2.16. The Morgan fingerprint density at radius 1 is 1.22 bits per heavy atom. The van der Waals surface area contributed by atoms with Crippen LogP contribution in [0.15, 0.2) is 18.2 Å². The molecule has 1 N–H and O–H groups in total. The Hall–Kier alpha value is -1.18. The number of unbranched alkanes of at least 4 members (excludes halogenated alkanes) is 3. The van der Waals surface area contributed by atoms with Crippen molar-refractivity contribution in [1.82, 2.24) is 0 Å². The van der Waals surface area contributed by atoms with Gasteiger partial charge in [0.1, 0.15) is 5.75 Å². The summed E-state index contributed by atoms with van der Waals surface area (Å²) in [4.78, 5) is 0. The molecule has 0 radical (unpaired) electrons. The van der Waals surface area contributed by atoms with Crippen molar-refractivity contribution in [3.63, 3.8) is 0 Å². The molecule has 1 rings (SSSR count). The van der Waals surface area contributed by atoms with Crippen LogP contribution in [-0.4, -0.2) is 13.2 Å². The second kappa shape index (κ2) is 8.02.